The number of hydrogen-bond donors (Lipinski definition) is 2. The molecule has 0 aliphatic carbocycles. The maximum absolute atomic E-state index is 13.0. The zero-order valence-corrected chi connectivity index (χ0v) is 19.1. The number of ether oxygens (including phenoxy) is 1. The first-order valence-corrected chi connectivity index (χ1v) is 11.8. The topological polar surface area (TPSA) is 111 Å². The number of oxazole rings is 1. The molecule has 9 heteroatoms. The van der Waals surface area contributed by atoms with E-state index in [1.807, 2.05) is 19.9 Å². The van der Waals surface area contributed by atoms with Crippen LogP contribution in [0.2, 0.25) is 0 Å². The zero-order chi connectivity index (χ0) is 23.1. The number of sulfonamides is 1. The molecule has 1 aromatic heterocycles. The highest BCUT2D eigenvalue weighted by Crippen LogP contribution is 2.32. The molecule has 1 atom stereocenters. The summed E-state index contributed by atoms with van der Waals surface area (Å²) >= 11 is 0. The summed E-state index contributed by atoms with van der Waals surface area (Å²) in [5.74, 6) is 0.490. The van der Waals surface area contributed by atoms with Crippen LogP contribution in [0.1, 0.15) is 25.8 Å². The maximum atomic E-state index is 13.0. The smallest absolute Gasteiger partial charge is 0.242 e. The first-order chi connectivity index (χ1) is 15.3. The predicted octanol–water partition coefficient (Wildman–Crippen LogP) is 3.82. The van der Waals surface area contributed by atoms with Crippen molar-refractivity contribution in [3.05, 3.63) is 66.7 Å². The summed E-state index contributed by atoms with van der Waals surface area (Å²) < 4.78 is 38.7. The number of amides is 1. The molecular weight excluding hydrogens is 430 g/mol. The largest absolute Gasteiger partial charge is 0.496 e. The second-order valence-electron chi connectivity index (χ2n) is 7.81. The van der Waals surface area contributed by atoms with E-state index in [4.69, 9.17) is 9.15 Å². The first-order valence-electron chi connectivity index (χ1n) is 10.2. The lowest BCUT2D eigenvalue weighted by Gasteiger charge is -2.20. The molecule has 32 heavy (non-hydrogen) atoms. The third kappa shape index (κ3) is 6.41. The van der Waals surface area contributed by atoms with Gasteiger partial charge in [-0.1, -0.05) is 44.2 Å². The number of rotatable bonds is 10. The third-order valence-electron chi connectivity index (χ3n) is 4.71. The van der Waals surface area contributed by atoms with Crippen molar-refractivity contribution in [2.75, 3.05) is 12.4 Å². The van der Waals surface area contributed by atoms with Gasteiger partial charge in [-0.05, 0) is 30.0 Å². The summed E-state index contributed by atoms with van der Waals surface area (Å²) in [6, 6.07) is 13.0. The van der Waals surface area contributed by atoms with Gasteiger partial charge in [0.15, 0.2) is 12.2 Å². The molecule has 0 aliphatic heterocycles. The van der Waals surface area contributed by atoms with E-state index >= 15 is 0 Å². The van der Waals surface area contributed by atoms with Crippen molar-refractivity contribution in [1.29, 1.82) is 0 Å². The van der Waals surface area contributed by atoms with E-state index in [0.29, 0.717) is 34.7 Å². The number of methoxy groups -OCH3 is 1. The number of hydrogen-bond acceptors (Lipinski definition) is 6. The molecule has 0 spiro atoms. The molecule has 0 saturated heterocycles. The minimum Gasteiger partial charge on any atom is -0.496 e. The summed E-state index contributed by atoms with van der Waals surface area (Å²) in [6.45, 7) is 3.86. The van der Waals surface area contributed by atoms with E-state index in [1.165, 1.54) is 13.5 Å². The normalized spacial score (nSPS) is 12.5. The van der Waals surface area contributed by atoms with E-state index in [1.54, 1.807) is 48.7 Å². The van der Waals surface area contributed by atoms with Crippen LogP contribution < -0.4 is 14.8 Å². The number of carbonyl (C=O) groups is 1. The third-order valence-corrected chi connectivity index (χ3v) is 6.07. The molecule has 0 bridgehead atoms. The predicted molar refractivity (Wildman–Crippen MR) is 123 cm³/mol. The molecule has 8 nitrogen and oxygen atoms in total. The van der Waals surface area contributed by atoms with Crippen LogP contribution in [0.5, 0.6) is 5.75 Å². The van der Waals surface area contributed by atoms with Gasteiger partial charge in [0, 0.05) is 11.8 Å². The van der Waals surface area contributed by atoms with Crippen LogP contribution >= 0.6 is 0 Å². The SMILES string of the molecule is COc1cc(NC(=O)[C@@H](CC(C)C)NS(=O)(=O)Cc2ccccc2)ccc1-c1cnco1. The Morgan fingerprint density at radius 1 is 1.16 bits per heavy atom. The summed E-state index contributed by atoms with van der Waals surface area (Å²) in [7, 11) is -2.21. The van der Waals surface area contributed by atoms with Gasteiger partial charge in [0.05, 0.1) is 24.6 Å². The van der Waals surface area contributed by atoms with Crippen molar-refractivity contribution in [3.8, 4) is 17.1 Å². The Kier molecular flexibility index (Phi) is 7.66. The van der Waals surface area contributed by atoms with Gasteiger partial charge >= 0.3 is 0 Å². The van der Waals surface area contributed by atoms with E-state index in [-0.39, 0.29) is 11.7 Å². The monoisotopic (exact) mass is 457 g/mol. The highest BCUT2D eigenvalue weighted by Gasteiger charge is 2.26. The van der Waals surface area contributed by atoms with Crippen molar-refractivity contribution in [1.82, 2.24) is 9.71 Å². The van der Waals surface area contributed by atoms with Crippen molar-refractivity contribution in [3.63, 3.8) is 0 Å². The molecule has 0 radical (unpaired) electrons. The minimum atomic E-state index is -3.72. The fraction of sp³-hybridized carbons (Fsp3) is 0.304. The van der Waals surface area contributed by atoms with Crippen molar-refractivity contribution in [2.45, 2.75) is 32.1 Å². The Morgan fingerprint density at radius 2 is 1.91 bits per heavy atom. The number of aromatic nitrogens is 1. The fourth-order valence-corrected chi connectivity index (χ4v) is 4.63. The van der Waals surface area contributed by atoms with E-state index in [2.05, 4.69) is 15.0 Å². The summed E-state index contributed by atoms with van der Waals surface area (Å²) in [6.07, 6.45) is 3.24. The molecule has 3 aromatic rings. The van der Waals surface area contributed by atoms with Crippen molar-refractivity contribution < 1.29 is 22.4 Å². The molecule has 0 saturated carbocycles. The Labute approximate surface area is 188 Å². The van der Waals surface area contributed by atoms with Crippen molar-refractivity contribution in [2.24, 2.45) is 5.92 Å². The molecular formula is C23H27N3O5S. The number of anilines is 1. The number of nitrogens with one attached hydrogen (secondary N) is 2. The number of carbonyl (C=O) groups excluding carboxylic acids is 1. The molecule has 2 N–H and O–H groups in total. The Bertz CT molecular complexity index is 1130. The van der Waals surface area contributed by atoms with Crippen molar-refractivity contribution >= 4 is 21.6 Å². The van der Waals surface area contributed by atoms with Gasteiger partial charge in [-0.15, -0.1) is 0 Å². The molecule has 0 unspecified atom stereocenters. The van der Waals surface area contributed by atoms with Gasteiger partial charge in [-0.3, -0.25) is 4.79 Å². The lowest BCUT2D eigenvalue weighted by molar-refractivity contribution is -0.118. The summed E-state index contributed by atoms with van der Waals surface area (Å²) in [5.41, 5.74) is 1.81. The lowest BCUT2D eigenvalue weighted by Crippen LogP contribution is -2.44. The van der Waals surface area contributed by atoms with Gasteiger partial charge in [-0.25, -0.2) is 18.1 Å². The Hall–Kier alpha value is -3.17. The summed E-state index contributed by atoms with van der Waals surface area (Å²) in [5, 5.41) is 2.79. The van der Waals surface area contributed by atoms with Gasteiger partial charge < -0.3 is 14.5 Å². The van der Waals surface area contributed by atoms with Gasteiger partial charge in [0.2, 0.25) is 15.9 Å². The van der Waals surface area contributed by atoms with Gasteiger partial charge in [0.1, 0.15) is 11.8 Å². The number of nitrogens with zero attached hydrogens (tertiary/aromatic N) is 1. The van der Waals surface area contributed by atoms with Crippen LogP contribution in [0, 0.1) is 5.92 Å². The van der Waals surface area contributed by atoms with E-state index in [0.717, 1.165) is 0 Å². The molecule has 0 fully saturated rings. The van der Waals surface area contributed by atoms with Crippen LogP contribution in [-0.2, 0) is 20.6 Å². The average molecular weight is 458 g/mol. The maximum Gasteiger partial charge on any atom is 0.242 e. The highest BCUT2D eigenvalue weighted by molar-refractivity contribution is 7.88. The fourth-order valence-electron chi connectivity index (χ4n) is 3.28. The molecule has 3 rings (SSSR count). The first kappa shape index (κ1) is 23.5. The van der Waals surface area contributed by atoms with Crippen LogP contribution in [0.4, 0.5) is 5.69 Å². The van der Waals surface area contributed by atoms with Gasteiger partial charge in [-0.2, -0.15) is 0 Å². The molecule has 0 aliphatic rings. The number of benzene rings is 2. The van der Waals surface area contributed by atoms with Crippen LogP contribution in [0.3, 0.4) is 0 Å². The Morgan fingerprint density at radius 3 is 2.53 bits per heavy atom. The molecule has 1 amide bonds. The lowest BCUT2D eigenvalue weighted by atomic mass is 10.0. The standard InChI is InChI=1S/C23H27N3O5S/c1-16(2)11-20(26-32(28,29)14-17-7-5-4-6-8-17)23(27)25-18-9-10-19(21(12-18)30-3)22-13-24-15-31-22/h4-10,12-13,15-16,20,26H,11,14H2,1-3H3,(H,25,27)/t20-/m1/s1. The van der Waals surface area contributed by atoms with E-state index < -0.39 is 22.0 Å². The highest BCUT2D eigenvalue weighted by atomic mass is 32.2. The van der Waals surface area contributed by atoms with E-state index in [9.17, 15) is 13.2 Å². The zero-order valence-electron chi connectivity index (χ0n) is 18.2. The summed E-state index contributed by atoms with van der Waals surface area (Å²) in [4.78, 5) is 16.9. The molecule has 1 heterocycles. The second kappa shape index (κ2) is 10.4. The molecule has 2 aromatic carbocycles. The average Bonchev–Trinajstić information content (AvgIpc) is 3.27. The molecule has 170 valence electrons. The van der Waals surface area contributed by atoms with Crippen LogP contribution in [0.25, 0.3) is 11.3 Å². The Balaban J connectivity index is 1.76. The quantitative estimate of drug-likeness (QED) is 0.479. The van der Waals surface area contributed by atoms with Gasteiger partial charge in [0.25, 0.3) is 0 Å². The second-order valence-corrected chi connectivity index (χ2v) is 9.57. The van der Waals surface area contributed by atoms with Crippen LogP contribution in [-0.4, -0.2) is 32.5 Å². The minimum absolute atomic E-state index is 0.105. The van der Waals surface area contributed by atoms with Crippen LogP contribution in [0.15, 0.2) is 65.5 Å².